The molecule has 2 aromatic carbocycles. The first-order valence-corrected chi connectivity index (χ1v) is 12.7. The van der Waals surface area contributed by atoms with Crippen LogP contribution in [0.5, 0.6) is 17.5 Å². The van der Waals surface area contributed by atoms with E-state index in [1.807, 2.05) is 24.3 Å². The molecule has 1 aromatic heterocycles. The monoisotopic (exact) mass is 484 g/mol. The van der Waals surface area contributed by atoms with Crippen LogP contribution in [0.1, 0.15) is 50.7 Å². The van der Waals surface area contributed by atoms with E-state index in [9.17, 15) is 4.79 Å². The summed E-state index contributed by atoms with van der Waals surface area (Å²) in [4.78, 5) is 22.3. The fourth-order valence-electron chi connectivity index (χ4n) is 5.54. The zero-order valence-electron chi connectivity index (χ0n) is 20.8. The third kappa shape index (κ3) is 4.32. The van der Waals surface area contributed by atoms with Crippen molar-refractivity contribution in [2.75, 3.05) is 18.0 Å². The van der Waals surface area contributed by atoms with E-state index in [0.29, 0.717) is 30.4 Å². The van der Waals surface area contributed by atoms with Crippen molar-refractivity contribution in [3.8, 4) is 17.5 Å². The molecule has 0 bridgehead atoms. The van der Waals surface area contributed by atoms with E-state index in [4.69, 9.17) is 15.2 Å². The Labute approximate surface area is 211 Å². The smallest absolute Gasteiger partial charge is 0.322 e. The largest absolute Gasteiger partial charge is 0.490 e. The molecule has 2 N–H and O–H groups in total. The van der Waals surface area contributed by atoms with Gasteiger partial charge < -0.3 is 20.1 Å². The first kappa shape index (κ1) is 23.0. The van der Waals surface area contributed by atoms with Gasteiger partial charge in [0.1, 0.15) is 23.4 Å². The summed E-state index contributed by atoms with van der Waals surface area (Å²) in [6.07, 6.45) is 7.12. The van der Waals surface area contributed by atoms with Gasteiger partial charge in [-0.2, -0.15) is 0 Å². The van der Waals surface area contributed by atoms with Crippen LogP contribution in [0.25, 0.3) is 0 Å². The maximum absolute atomic E-state index is 11.3. The van der Waals surface area contributed by atoms with Gasteiger partial charge in [0.25, 0.3) is 0 Å². The first-order valence-electron chi connectivity index (χ1n) is 12.7. The van der Waals surface area contributed by atoms with Gasteiger partial charge in [-0.1, -0.05) is 38.1 Å². The Morgan fingerprint density at radius 2 is 1.47 bits per heavy atom. The molecule has 2 heterocycles. The molecular weight excluding hydrogens is 452 g/mol. The normalized spacial score (nSPS) is 22.4. The molecule has 1 spiro atoms. The number of hydrogen-bond acceptors (Lipinski definition) is 7. The highest BCUT2D eigenvalue weighted by molar-refractivity contribution is 5.87. The number of aromatic nitrogens is 2. The molecule has 0 atom stereocenters. The summed E-state index contributed by atoms with van der Waals surface area (Å²) in [5, 5.41) is 0. The molecule has 186 valence electrons. The van der Waals surface area contributed by atoms with Crippen LogP contribution in [-0.2, 0) is 10.2 Å². The number of ether oxygens (including phenoxy) is 2. The molecule has 1 aliphatic heterocycles. The highest BCUT2D eigenvalue weighted by Gasteiger charge is 2.52. The summed E-state index contributed by atoms with van der Waals surface area (Å²) in [5.74, 6) is 1.97. The Morgan fingerprint density at radius 3 is 2.00 bits per heavy atom. The van der Waals surface area contributed by atoms with E-state index in [1.54, 1.807) is 12.4 Å². The number of nitrogens with two attached hydrogens (primary N) is 1. The molecule has 3 fully saturated rings. The Kier molecular flexibility index (Phi) is 5.48. The standard InChI is InChI=1S/C29H32N4O3/c1-28(2,19-3-7-24(8-4-19)35-26-11-21(30)12-26)20-5-9-25(10-6-20)36-27-31-15-22(16-32-27)33-17-29(18-33)13-23(34)14-29/h3-10,15-16,21,26H,11-14,17-18,30H2,1-2H3. The van der Waals surface area contributed by atoms with Crippen LogP contribution in [0.4, 0.5) is 5.69 Å². The fraction of sp³-hybridized carbons (Fsp3) is 0.414. The summed E-state index contributed by atoms with van der Waals surface area (Å²) < 4.78 is 11.9. The number of carbonyl (C=O) groups is 1. The summed E-state index contributed by atoms with van der Waals surface area (Å²) in [7, 11) is 0. The number of Topliss-reactive ketones (excluding diaryl/α,β-unsaturated/α-hetero) is 1. The number of ketones is 1. The van der Waals surface area contributed by atoms with E-state index in [0.717, 1.165) is 37.4 Å². The summed E-state index contributed by atoms with van der Waals surface area (Å²) in [6.45, 7) is 6.24. The van der Waals surface area contributed by atoms with Crippen molar-refractivity contribution in [1.82, 2.24) is 9.97 Å². The van der Waals surface area contributed by atoms with Crippen molar-refractivity contribution < 1.29 is 14.3 Å². The Balaban J connectivity index is 1.06. The maximum atomic E-state index is 11.3. The SMILES string of the molecule is CC(C)(c1ccc(Oc2ncc(N3CC4(CC(=O)C4)C3)cn2)cc1)c1ccc(OC2CC(N)C2)cc1. The second-order valence-electron chi connectivity index (χ2n) is 11.2. The molecule has 0 unspecified atom stereocenters. The number of nitrogens with zero attached hydrogens (tertiary/aromatic N) is 3. The summed E-state index contributed by atoms with van der Waals surface area (Å²) in [6, 6.07) is 17.1. The van der Waals surface area contributed by atoms with Gasteiger partial charge in [0, 0.05) is 42.8 Å². The van der Waals surface area contributed by atoms with Crippen LogP contribution < -0.4 is 20.1 Å². The van der Waals surface area contributed by atoms with E-state index in [1.165, 1.54) is 11.1 Å². The number of rotatable bonds is 7. The van der Waals surface area contributed by atoms with Crippen molar-refractivity contribution in [2.45, 2.75) is 57.1 Å². The lowest BCUT2D eigenvalue weighted by Gasteiger charge is -2.55. The van der Waals surface area contributed by atoms with Crippen molar-refractivity contribution >= 4 is 11.5 Å². The zero-order valence-corrected chi connectivity index (χ0v) is 20.8. The van der Waals surface area contributed by atoms with E-state index in [-0.39, 0.29) is 23.0 Å². The molecule has 6 rings (SSSR count). The second-order valence-corrected chi connectivity index (χ2v) is 11.2. The van der Waals surface area contributed by atoms with Crippen LogP contribution >= 0.6 is 0 Å². The van der Waals surface area contributed by atoms with Crippen LogP contribution in [0, 0.1) is 5.41 Å². The highest BCUT2D eigenvalue weighted by atomic mass is 16.5. The molecule has 3 aromatic rings. The van der Waals surface area contributed by atoms with Gasteiger partial charge in [0.15, 0.2) is 0 Å². The average Bonchev–Trinajstić information content (AvgIpc) is 2.81. The van der Waals surface area contributed by atoms with Crippen molar-refractivity contribution in [2.24, 2.45) is 11.1 Å². The zero-order chi connectivity index (χ0) is 24.9. The predicted molar refractivity (Wildman–Crippen MR) is 138 cm³/mol. The fourth-order valence-corrected chi connectivity index (χ4v) is 5.54. The molecular formula is C29H32N4O3. The molecule has 36 heavy (non-hydrogen) atoms. The van der Waals surface area contributed by atoms with Crippen molar-refractivity contribution in [1.29, 1.82) is 0 Å². The van der Waals surface area contributed by atoms with Crippen molar-refractivity contribution in [3.63, 3.8) is 0 Å². The second kappa shape index (κ2) is 8.59. The Morgan fingerprint density at radius 1 is 0.917 bits per heavy atom. The maximum Gasteiger partial charge on any atom is 0.322 e. The van der Waals surface area contributed by atoms with E-state index < -0.39 is 0 Å². The van der Waals surface area contributed by atoms with E-state index in [2.05, 4.69) is 53.0 Å². The summed E-state index contributed by atoms with van der Waals surface area (Å²) in [5.41, 5.74) is 9.27. The lowest BCUT2D eigenvalue weighted by molar-refractivity contribution is -0.134. The topological polar surface area (TPSA) is 90.6 Å². The van der Waals surface area contributed by atoms with Gasteiger partial charge in [-0.05, 0) is 48.2 Å². The van der Waals surface area contributed by atoms with Gasteiger partial charge in [-0.25, -0.2) is 9.97 Å². The van der Waals surface area contributed by atoms with E-state index >= 15 is 0 Å². The quantitative estimate of drug-likeness (QED) is 0.523. The minimum atomic E-state index is -0.173. The van der Waals surface area contributed by atoms with Gasteiger partial charge >= 0.3 is 6.01 Å². The van der Waals surface area contributed by atoms with Gasteiger partial charge in [0.2, 0.25) is 0 Å². The lowest BCUT2D eigenvalue weighted by atomic mass is 9.63. The summed E-state index contributed by atoms with van der Waals surface area (Å²) >= 11 is 0. The van der Waals surface area contributed by atoms with Gasteiger partial charge in [-0.3, -0.25) is 4.79 Å². The van der Waals surface area contributed by atoms with Crippen LogP contribution in [-0.4, -0.2) is 41.0 Å². The highest BCUT2D eigenvalue weighted by Crippen LogP contribution is 2.47. The third-order valence-corrected chi connectivity index (χ3v) is 7.97. The minimum absolute atomic E-state index is 0.173. The van der Waals surface area contributed by atoms with Gasteiger partial charge in [-0.15, -0.1) is 0 Å². The van der Waals surface area contributed by atoms with Gasteiger partial charge in [0.05, 0.1) is 18.1 Å². The average molecular weight is 485 g/mol. The third-order valence-electron chi connectivity index (χ3n) is 7.97. The molecule has 7 heteroatoms. The number of carbonyl (C=O) groups excluding carboxylic acids is 1. The number of benzene rings is 2. The molecule has 3 aliphatic rings. The van der Waals surface area contributed by atoms with Crippen molar-refractivity contribution in [3.05, 3.63) is 72.1 Å². The van der Waals surface area contributed by atoms with Crippen LogP contribution in [0.2, 0.25) is 0 Å². The molecule has 0 amide bonds. The first-order chi connectivity index (χ1) is 17.3. The minimum Gasteiger partial charge on any atom is -0.490 e. The number of anilines is 1. The molecule has 0 radical (unpaired) electrons. The molecule has 7 nitrogen and oxygen atoms in total. The number of hydrogen-bond donors (Lipinski definition) is 1. The molecule has 1 saturated heterocycles. The van der Waals surface area contributed by atoms with Crippen LogP contribution in [0.15, 0.2) is 60.9 Å². The molecule has 2 aliphatic carbocycles. The Bertz CT molecular complexity index is 1230. The predicted octanol–water partition coefficient (Wildman–Crippen LogP) is 4.63. The van der Waals surface area contributed by atoms with Crippen LogP contribution in [0.3, 0.4) is 0 Å². The lowest BCUT2D eigenvalue weighted by Crippen LogP contribution is -2.62. The Hall–Kier alpha value is -3.45. The molecule has 2 saturated carbocycles.